The molecule has 1 unspecified atom stereocenters. The summed E-state index contributed by atoms with van der Waals surface area (Å²) in [4.78, 5) is 0. The minimum Gasteiger partial charge on any atom is -0.491 e. The Bertz CT molecular complexity index is 634. The van der Waals surface area contributed by atoms with Crippen molar-refractivity contribution < 1.29 is 18.3 Å². The summed E-state index contributed by atoms with van der Waals surface area (Å²) in [6.45, 7) is 4.31. The topological polar surface area (TPSA) is 18.5 Å². The lowest BCUT2D eigenvalue weighted by Gasteiger charge is -2.28. The van der Waals surface area contributed by atoms with Crippen LogP contribution < -0.4 is 9.47 Å². The summed E-state index contributed by atoms with van der Waals surface area (Å²) in [6.07, 6.45) is 13.2. The van der Waals surface area contributed by atoms with Crippen LogP contribution in [-0.2, 0) is 6.42 Å². The Morgan fingerprint density at radius 2 is 1.85 bits per heavy atom. The quantitative estimate of drug-likeness (QED) is 0.558. The number of rotatable bonds is 6. The van der Waals surface area contributed by atoms with Gasteiger partial charge in [-0.25, -0.2) is 0 Å². The van der Waals surface area contributed by atoms with Crippen molar-refractivity contribution in [3.63, 3.8) is 0 Å². The van der Waals surface area contributed by atoms with Gasteiger partial charge >= 0.3 is 0 Å². The molecule has 1 aliphatic carbocycles. The number of hydrogen-bond donors (Lipinski definition) is 0. The standard InChI is InChI=1S/C22H30F2O2/c1-3-5-15-6-8-16(9-7-15)10-12-18-13-11-17-14-19(25-4-2)20(23)21(24)22(17)26-18/h10,12,14-16,18H,3-9,11,13H2,1-2H3/b12-10+. The highest BCUT2D eigenvalue weighted by molar-refractivity contribution is 5.44. The van der Waals surface area contributed by atoms with Crippen LogP contribution in [0.3, 0.4) is 0 Å². The van der Waals surface area contributed by atoms with Gasteiger partial charge in [-0.1, -0.05) is 25.8 Å². The molecule has 0 amide bonds. The van der Waals surface area contributed by atoms with Gasteiger partial charge < -0.3 is 9.47 Å². The summed E-state index contributed by atoms with van der Waals surface area (Å²) < 4.78 is 39.4. The third-order valence-electron chi connectivity index (χ3n) is 5.66. The van der Waals surface area contributed by atoms with Crippen LogP contribution in [0.25, 0.3) is 0 Å². The van der Waals surface area contributed by atoms with Crippen LogP contribution in [0, 0.1) is 23.5 Å². The van der Waals surface area contributed by atoms with E-state index in [0.717, 1.165) is 12.3 Å². The summed E-state index contributed by atoms with van der Waals surface area (Å²) in [7, 11) is 0. The average Bonchev–Trinajstić information content (AvgIpc) is 2.66. The molecule has 1 aromatic rings. The molecule has 1 fully saturated rings. The van der Waals surface area contributed by atoms with Gasteiger partial charge in [0.25, 0.3) is 0 Å². The van der Waals surface area contributed by atoms with E-state index in [1.165, 1.54) is 38.5 Å². The van der Waals surface area contributed by atoms with E-state index >= 15 is 0 Å². The predicted octanol–water partition coefficient (Wildman–Crippen LogP) is 6.22. The second kappa shape index (κ2) is 8.88. The number of benzene rings is 1. The molecule has 0 spiro atoms. The lowest BCUT2D eigenvalue weighted by atomic mass is 9.80. The fraction of sp³-hybridized carbons (Fsp3) is 0.636. The smallest absolute Gasteiger partial charge is 0.204 e. The summed E-state index contributed by atoms with van der Waals surface area (Å²) in [5.41, 5.74) is 0.692. The summed E-state index contributed by atoms with van der Waals surface area (Å²) in [5, 5.41) is 0. The number of aryl methyl sites for hydroxylation is 1. The van der Waals surface area contributed by atoms with Gasteiger partial charge in [0.1, 0.15) is 6.10 Å². The molecule has 1 aliphatic heterocycles. The number of hydrogen-bond acceptors (Lipinski definition) is 2. The molecule has 1 saturated carbocycles. The first-order valence-corrected chi connectivity index (χ1v) is 10.1. The van der Waals surface area contributed by atoms with Crippen LogP contribution in [0.5, 0.6) is 11.5 Å². The van der Waals surface area contributed by atoms with Crippen molar-refractivity contribution >= 4 is 0 Å². The second-order valence-electron chi connectivity index (χ2n) is 7.57. The summed E-state index contributed by atoms with van der Waals surface area (Å²) >= 11 is 0. The third-order valence-corrected chi connectivity index (χ3v) is 5.66. The Balaban J connectivity index is 1.61. The predicted molar refractivity (Wildman–Crippen MR) is 99.8 cm³/mol. The zero-order valence-corrected chi connectivity index (χ0v) is 15.9. The van der Waals surface area contributed by atoms with Crippen molar-refractivity contribution in [3.8, 4) is 11.5 Å². The molecule has 26 heavy (non-hydrogen) atoms. The van der Waals surface area contributed by atoms with Crippen LogP contribution in [-0.4, -0.2) is 12.7 Å². The molecule has 3 rings (SSSR count). The Kier molecular flexibility index (Phi) is 6.55. The normalized spacial score (nSPS) is 25.8. The Hall–Kier alpha value is -1.58. The largest absolute Gasteiger partial charge is 0.491 e. The molecule has 1 atom stereocenters. The number of fused-ring (bicyclic) bond motifs is 1. The SMILES string of the molecule is CCCC1CCC(/C=C/C2CCc3cc(OCC)c(F)c(F)c3O2)CC1. The van der Waals surface area contributed by atoms with Gasteiger partial charge in [-0.05, 0) is 69.4 Å². The second-order valence-corrected chi connectivity index (χ2v) is 7.57. The molecule has 0 saturated heterocycles. The van der Waals surface area contributed by atoms with Crippen LogP contribution in [0.1, 0.15) is 64.4 Å². The molecule has 2 nitrogen and oxygen atoms in total. The third kappa shape index (κ3) is 4.39. The van der Waals surface area contributed by atoms with Crippen molar-refractivity contribution in [2.24, 2.45) is 11.8 Å². The molecule has 2 aliphatic rings. The Labute approximate surface area is 155 Å². The summed E-state index contributed by atoms with van der Waals surface area (Å²) in [5.74, 6) is -0.369. The lowest BCUT2D eigenvalue weighted by Crippen LogP contribution is -2.22. The first kappa shape index (κ1) is 19.2. The lowest BCUT2D eigenvalue weighted by molar-refractivity contribution is 0.200. The maximum Gasteiger partial charge on any atom is 0.204 e. The minimum absolute atomic E-state index is 0.0230. The number of ether oxygens (including phenoxy) is 2. The van der Waals surface area contributed by atoms with Gasteiger partial charge in [0.2, 0.25) is 11.6 Å². The molecule has 0 N–H and O–H groups in total. The van der Waals surface area contributed by atoms with Crippen LogP contribution in [0.4, 0.5) is 8.78 Å². The maximum atomic E-state index is 14.3. The van der Waals surface area contributed by atoms with Gasteiger partial charge in [-0.2, -0.15) is 8.78 Å². The molecule has 0 bridgehead atoms. The molecule has 4 heteroatoms. The first-order chi connectivity index (χ1) is 12.6. The van der Waals surface area contributed by atoms with Gasteiger partial charge in [-0.3, -0.25) is 0 Å². The van der Waals surface area contributed by atoms with Crippen LogP contribution in [0.15, 0.2) is 18.2 Å². The highest BCUT2D eigenvalue weighted by Crippen LogP contribution is 2.37. The minimum atomic E-state index is -0.954. The molecule has 1 aromatic carbocycles. The van der Waals surface area contributed by atoms with E-state index in [2.05, 4.69) is 19.1 Å². The van der Waals surface area contributed by atoms with E-state index in [-0.39, 0.29) is 17.6 Å². The zero-order valence-electron chi connectivity index (χ0n) is 15.9. The van der Waals surface area contributed by atoms with Crippen LogP contribution >= 0.6 is 0 Å². The van der Waals surface area contributed by atoms with Crippen molar-refractivity contribution in [2.75, 3.05) is 6.61 Å². The van der Waals surface area contributed by atoms with Gasteiger partial charge in [-0.15, -0.1) is 0 Å². The van der Waals surface area contributed by atoms with E-state index in [4.69, 9.17) is 9.47 Å². The first-order valence-electron chi connectivity index (χ1n) is 10.1. The molecule has 1 heterocycles. The van der Waals surface area contributed by atoms with E-state index < -0.39 is 11.6 Å². The van der Waals surface area contributed by atoms with Gasteiger partial charge in [0.15, 0.2) is 11.5 Å². The molecular weight excluding hydrogens is 334 g/mol. The van der Waals surface area contributed by atoms with Crippen molar-refractivity contribution in [2.45, 2.75) is 71.3 Å². The maximum absolute atomic E-state index is 14.3. The van der Waals surface area contributed by atoms with E-state index in [1.807, 2.05) is 0 Å². The molecular formula is C22H30F2O2. The van der Waals surface area contributed by atoms with E-state index in [0.29, 0.717) is 24.5 Å². The average molecular weight is 364 g/mol. The van der Waals surface area contributed by atoms with Crippen LogP contribution in [0.2, 0.25) is 0 Å². The Morgan fingerprint density at radius 1 is 1.08 bits per heavy atom. The molecule has 144 valence electrons. The molecule has 0 aromatic heterocycles. The monoisotopic (exact) mass is 364 g/mol. The van der Waals surface area contributed by atoms with Crippen molar-refractivity contribution in [3.05, 3.63) is 35.4 Å². The van der Waals surface area contributed by atoms with Crippen molar-refractivity contribution in [1.29, 1.82) is 0 Å². The zero-order chi connectivity index (χ0) is 18.5. The number of allylic oxidation sites excluding steroid dienone is 1. The Morgan fingerprint density at radius 3 is 2.54 bits per heavy atom. The number of halogens is 2. The summed E-state index contributed by atoms with van der Waals surface area (Å²) in [6, 6.07) is 1.58. The highest BCUT2D eigenvalue weighted by Gasteiger charge is 2.27. The fourth-order valence-electron chi connectivity index (χ4n) is 4.21. The van der Waals surface area contributed by atoms with Gasteiger partial charge in [0.05, 0.1) is 6.61 Å². The van der Waals surface area contributed by atoms with Gasteiger partial charge in [0, 0.05) is 5.56 Å². The van der Waals surface area contributed by atoms with E-state index in [1.54, 1.807) is 13.0 Å². The molecule has 0 radical (unpaired) electrons. The van der Waals surface area contributed by atoms with Crippen molar-refractivity contribution in [1.82, 2.24) is 0 Å². The van der Waals surface area contributed by atoms with E-state index in [9.17, 15) is 8.78 Å². The highest BCUT2D eigenvalue weighted by atomic mass is 19.2. The fourth-order valence-corrected chi connectivity index (χ4v) is 4.21.